The second-order valence-corrected chi connectivity index (χ2v) is 9.11. The van der Waals surface area contributed by atoms with E-state index in [1.54, 1.807) is 41.3 Å². The second-order valence-electron chi connectivity index (χ2n) is 6.05. The SMILES string of the molecule is CO[C@H]1CCN(S(=O)(=O)c2cccs2)[C@H]1Cc1cccnc1.O=C(O)C(F)(F)F. The van der Waals surface area contributed by atoms with Gasteiger partial charge in [-0.25, -0.2) is 13.2 Å². The molecule has 1 aliphatic heterocycles. The summed E-state index contributed by atoms with van der Waals surface area (Å²) in [5.74, 6) is -2.76. The third-order valence-electron chi connectivity index (χ3n) is 4.20. The van der Waals surface area contributed by atoms with Crippen molar-refractivity contribution in [2.75, 3.05) is 13.7 Å². The predicted octanol–water partition coefficient (Wildman–Crippen LogP) is 2.80. The van der Waals surface area contributed by atoms with Crippen molar-refractivity contribution in [1.29, 1.82) is 0 Å². The van der Waals surface area contributed by atoms with E-state index in [4.69, 9.17) is 14.6 Å². The van der Waals surface area contributed by atoms with E-state index in [1.165, 1.54) is 11.3 Å². The number of thiophene rings is 1. The first-order chi connectivity index (χ1) is 13.6. The number of aromatic nitrogens is 1. The Kier molecular flexibility index (Phi) is 7.74. The molecule has 0 saturated carbocycles. The first-order valence-electron chi connectivity index (χ1n) is 8.34. The fourth-order valence-electron chi connectivity index (χ4n) is 2.89. The molecule has 0 bridgehead atoms. The number of alkyl halides is 3. The number of halogens is 3. The van der Waals surface area contributed by atoms with Crippen LogP contribution in [0, 0.1) is 0 Å². The van der Waals surface area contributed by atoms with Crippen LogP contribution in [0.4, 0.5) is 13.2 Å². The highest BCUT2D eigenvalue weighted by atomic mass is 32.2. The summed E-state index contributed by atoms with van der Waals surface area (Å²) >= 11 is 1.25. The minimum absolute atomic E-state index is 0.0880. The molecule has 0 aliphatic carbocycles. The number of hydrogen-bond acceptors (Lipinski definition) is 6. The van der Waals surface area contributed by atoms with Gasteiger partial charge >= 0.3 is 12.1 Å². The summed E-state index contributed by atoms with van der Waals surface area (Å²) in [4.78, 5) is 13.0. The summed E-state index contributed by atoms with van der Waals surface area (Å²) in [6.45, 7) is 0.490. The molecule has 0 unspecified atom stereocenters. The van der Waals surface area contributed by atoms with Gasteiger partial charge in [0.05, 0.1) is 12.1 Å². The van der Waals surface area contributed by atoms with Crippen LogP contribution in [0.15, 0.2) is 46.2 Å². The van der Waals surface area contributed by atoms with Crippen LogP contribution in [0.1, 0.15) is 12.0 Å². The van der Waals surface area contributed by atoms with Crippen LogP contribution in [0.25, 0.3) is 0 Å². The number of rotatable bonds is 5. The lowest BCUT2D eigenvalue weighted by atomic mass is 10.0. The van der Waals surface area contributed by atoms with Gasteiger partial charge in [-0.05, 0) is 35.9 Å². The summed E-state index contributed by atoms with van der Waals surface area (Å²) in [5.41, 5.74) is 1.02. The number of carboxylic acid groups (broad SMARTS) is 1. The number of hydrogen-bond donors (Lipinski definition) is 1. The average molecular weight is 452 g/mol. The van der Waals surface area contributed by atoms with Gasteiger partial charge in [-0.2, -0.15) is 17.5 Å². The number of carboxylic acids is 1. The van der Waals surface area contributed by atoms with Gasteiger partial charge in [-0.3, -0.25) is 4.98 Å². The fourth-order valence-corrected chi connectivity index (χ4v) is 5.67. The minimum Gasteiger partial charge on any atom is -0.475 e. The zero-order valence-corrected chi connectivity index (χ0v) is 16.9. The van der Waals surface area contributed by atoms with Gasteiger partial charge in [-0.15, -0.1) is 11.3 Å². The van der Waals surface area contributed by atoms with Gasteiger partial charge in [0, 0.05) is 26.0 Å². The smallest absolute Gasteiger partial charge is 0.475 e. The summed E-state index contributed by atoms with van der Waals surface area (Å²) in [5, 5.41) is 8.91. The normalized spacial score (nSPS) is 20.1. The molecule has 0 aromatic carbocycles. The van der Waals surface area contributed by atoms with Crippen LogP contribution in [-0.2, 0) is 26.0 Å². The summed E-state index contributed by atoms with van der Waals surface area (Å²) in [6, 6.07) is 7.05. The number of aliphatic carboxylic acids is 1. The Morgan fingerprint density at radius 3 is 2.55 bits per heavy atom. The fraction of sp³-hybridized carbons (Fsp3) is 0.412. The van der Waals surface area contributed by atoms with E-state index in [0.29, 0.717) is 23.6 Å². The van der Waals surface area contributed by atoms with E-state index in [2.05, 4.69) is 4.98 Å². The third kappa shape index (κ3) is 5.98. The summed E-state index contributed by atoms with van der Waals surface area (Å²) in [7, 11) is -1.82. The number of sulfonamides is 1. The molecular formula is C17H19F3N2O5S2. The van der Waals surface area contributed by atoms with E-state index in [1.807, 2.05) is 12.1 Å². The second kappa shape index (κ2) is 9.65. The molecule has 2 atom stereocenters. The highest BCUT2D eigenvalue weighted by molar-refractivity contribution is 7.91. The maximum atomic E-state index is 12.8. The quantitative estimate of drug-likeness (QED) is 0.750. The molecule has 0 spiro atoms. The molecule has 7 nitrogen and oxygen atoms in total. The van der Waals surface area contributed by atoms with Crippen LogP contribution in [0.3, 0.4) is 0 Å². The van der Waals surface area contributed by atoms with Gasteiger partial charge in [0.2, 0.25) is 0 Å². The lowest BCUT2D eigenvalue weighted by Gasteiger charge is -2.26. The Bertz CT molecular complexity index is 890. The molecule has 3 heterocycles. The Morgan fingerprint density at radius 1 is 1.38 bits per heavy atom. The molecule has 1 N–H and O–H groups in total. The Morgan fingerprint density at radius 2 is 2.07 bits per heavy atom. The highest BCUT2D eigenvalue weighted by Gasteiger charge is 2.42. The van der Waals surface area contributed by atoms with Crippen molar-refractivity contribution < 1.29 is 36.2 Å². The predicted molar refractivity (Wildman–Crippen MR) is 99.0 cm³/mol. The van der Waals surface area contributed by atoms with Gasteiger partial charge in [0.1, 0.15) is 4.21 Å². The van der Waals surface area contributed by atoms with Crippen LogP contribution >= 0.6 is 11.3 Å². The molecule has 2 aromatic rings. The van der Waals surface area contributed by atoms with Crippen LogP contribution < -0.4 is 0 Å². The number of methoxy groups -OCH3 is 1. The van der Waals surface area contributed by atoms with Crippen molar-refractivity contribution in [3.05, 3.63) is 47.6 Å². The molecule has 1 aliphatic rings. The van der Waals surface area contributed by atoms with Gasteiger partial charge in [0.15, 0.2) is 0 Å². The molecule has 160 valence electrons. The zero-order valence-electron chi connectivity index (χ0n) is 15.2. The number of nitrogens with zero attached hydrogens (tertiary/aromatic N) is 2. The van der Waals surface area contributed by atoms with Gasteiger partial charge < -0.3 is 9.84 Å². The van der Waals surface area contributed by atoms with Crippen molar-refractivity contribution in [2.24, 2.45) is 0 Å². The van der Waals surface area contributed by atoms with Gasteiger partial charge in [-0.1, -0.05) is 12.1 Å². The zero-order chi connectivity index (χ0) is 21.7. The first kappa shape index (κ1) is 23.3. The Hall–Kier alpha value is -2.02. The average Bonchev–Trinajstić information content (AvgIpc) is 3.33. The van der Waals surface area contributed by atoms with E-state index >= 15 is 0 Å². The lowest BCUT2D eigenvalue weighted by Crippen LogP contribution is -2.41. The largest absolute Gasteiger partial charge is 0.490 e. The Balaban J connectivity index is 0.000000370. The molecule has 0 amide bonds. The maximum absolute atomic E-state index is 12.8. The van der Waals surface area contributed by atoms with E-state index in [0.717, 1.165) is 5.56 Å². The van der Waals surface area contributed by atoms with Crippen molar-refractivity contribution in [2.45, 2.75) is 35.4 Å². The topological polar surface area (TPSA) is 96.8 Å². The molecule has 1 saturated heterocycles. The van der Waals surface area contributed by atoms with Crippen molar-refractivity contribution in [1.82, 2.24) is 9.29 Å². The Labute approximate surface area is 169 Å². The summed E-state index contributed by atoms with van der Waals surface area (Å²) in [6.07, 6.45) is -0.356. The standard InChI is InChI=1S/C15H18N2O3S2.C2HF3O2/c1-20-14-6-8-17(22(18,19)15-5-3-9-21-15)13(14)10-12-4-2-7-16-11-12;3-2(4,5)1(6)7/h2-5,7,9,11,13-14H,6,8,10H2,1H3;(H,6,7)/t13-,14-;/m0./s1. The molecular weight excluding hydrogens is 433 g/mol. The number of carbonyl (C=O) groups is 1. The monoisotopic (exact) mass is 452 g/mol. The highest BCUT2D eigenvalue weighted by Crippen LogP contribution is 2.31. The van der Waals surface area contributed by atoms with Crippen molar-refractivity contribution >= 4 is 27.3 Å². The molecule has 3 rings (SSSR count). The first-order valence-corrected chi connectivity index (χ1v) is 10.7. The van der Waals surface area contributed by atoms with E-state index < -0.39 is 22.2 Å². The molecule has 2 aromatic heterocycles. The van der Waals surface area contributed by atoms with Crippen LogP contribution in [0.2, 0.25) is 0 Å². The maximum Gasteiger partial charge on any atom is 0.490 e. The van der Waals surface area contributed by atoms with Crippen LogP contribution in [-0.4, -0.2) is 60.8 Å². The van der Waals surface area contributed by atoms with E-state index in [-0.39, 0.29) is 12.1 Å². The minimum atomic E-state index is -5.08. The van der Waals surface area contributed by atoms with Crippen molar-refractivity contribution in [3.8, 4) is 0 Å². The third-order valence-corrected chi connectivity index (χ3v) is 7.50. The number of pyridine rings is 1. The lowest BCUT2D eigenvalue weighted by molar-refractivity contribution is -0.192. The van der Waals surface area contributed by atoms with Crippen molar-refractivity contribution in [3.63, 3.8) is 0 Å². The molecule has 1 fully saturated rings. The molecule has 12 heteroatoms. The van der Waals surface area contributed by atoms with Gasteiger partial charge in [0.25, 0.3) is 10.0 Å². The van der Waals surface area contributed by atoms with Crippen LogP contribution in [0.5, 0.6) is 0 Å². The molecule has 0 radical (unpaired) electrons. The van der Waals surface area contributed by atoms with E-state index in [9.17, 15) is 21.6 Å². The summed E-state index contributed by atoms with van der Waals surface area (Å²) < 4.78 is 64.9. The number of ether oxygens (including phenoxy) is 1. The molecule has 29 heavy (non-hydrogen) atoms.